The maximum Gasteiger partial charge on any atom is 0.335 e. The van der Waals surface area contributed by atoms with Gasteiger partial charge in [-0.1, -0.05) is 47.5 Å². The van der Waals surface area contributed by atoms with Crippen LogP contribution in [0.25, 0.3) is 11.1 Å². The topological polar surface area (TPSA) is 116 Å². The lowest BCUT2D eigenvalue weighted by Crippen LogP contribution is -2.52. The van der Waals surface area contributed by atoms with Gasteiger partial charge in [0.1, 0.15) is 12.7 Å². The summed E-state index contributed by atoms with van der Waals surface area (Å²) < 4.78 is 4.73. The van der Waals surface area contributed by atoms with Gasteiger partial charge in [-0.2, -0.15) is 0 Å². The molecule has 3 atom stereocenters. The second-order valence-electron chi connectivity index (χ2n) is 6.44. The van der Waals surface area contributed by atoms with E-state index >= 15 is 0 Å². The number of carboxylic acids is 1. The molecular weight excluding hydrogens is 421 g/mol. The number of methoxy groups -OCH3 is 1. The average Bonchev–Trinajstić information content (AvgIpc) is 2.66. The highest BCUT2D eigenvalue weighted by atomic mass is 35.5. The first-order chi connectivity index (χ1) is 13.7. The molecule has 0 spiro atoms. The Balaban J connectivity index is 2.20. The van der Waals surface area contributed by atoms with Crippen molar-refractivity contribution in [2.24, 2.45) is 0 Å². The predicted molar refractivity (Wildman–Crippen MR) is 109 cm³/mol. The van der Waals surface area contributed by atoms with Crippen molar-refractivity contribution < 1.29 is 29.6 Å². The fraction of sp³-hybridized carbons (Fsp3) is 0.300. The van der Waals surface area contributed by atoms with Crippen LogP contribution in [-0.4, -0.2) is 59.2 Å². The van der Waals surface area contributed by atoms with E-state index in [0.717, 1.165) is 11.1 Å². The Labute approximate surface area is 177 Å². The van der Waals surface area contributed by atoms with Gasteiger partial charge in [0.05, 0.1) is 6.04 Å². The summed E-state index contributed by atoms with van der Waals surface area (Å²) in [4.78, 5) is 22.8. The predicted octanol–water partition coefficient (Wildman–Crippen LogP) is 2.14. The molecule has 0 bridgehead atoms. The van der Waals surface area contributed by atoms with Crippen LogP contribution in [0, 0.1) is 0 Å². The standard InChI is InChI=1S/C20H21Cl2NO6/c1-29-10-17(24)23-16(18(25)19(26)20(27)28)6-11-2-4-12(5-3-11)13-7-14(21)9-15(22)8-13/h2-5,7-9,16,18-19,25-26H,6,10H2,1H3,(H,23,24)(H,27,28)/t16?,18-,19+/m0/s1. The summed E-state index contributed by atoms with van der Waals surface area (Å²) in [6.07, 6.45) is -3.66. The summed E-state index contributed by atoms with van der Waals surface area (Å²) >= 11 is 12.1. The molecule has 0 heterocycles. The molecule has 0 radical (unpaired) electrons. The van der Waals surface area contributed by atoms with Crippen LogP contribution in [0.5, 0.6) is 0 Å². The fourth-order valence-corrected chi connectivity index (χ4v) is 3.34. The van der Waals surface area contributed by atoms with E-state index in [2.05, 4.69) is 5.32 Å². The zero-order valence-electron chi connectivity index (χ0n) is 15.5. The van der Waals surface area contributed by atoms with Crippen molar-refractivity contribution in [1.82, 2.24) is 5.32 Å². The van der Waals surface area contributed by atoms with Gasteiger partial charge in [-0.15, -0.1) is 0 Å². The number of carboxylic acid groups (broad SMARTS) is 1. The van der Waals surface area contributed by atoms with Crippen LogP contribution in [0.1, 0.15) is 5.56 Å². The number of carbonyl (C=O) groups is 2. The summed E-state index contributed by atoms with van der Waals surface area (Å²) in [6.45, 7) is -0.263. The summed E-state index contributed by atoms with van der Waals surface area (Å²) in [5.41, 5.74) is 2.38. The van der Waals surface area contributed by atoms with Crippen molar-refractivity contribution in [3.8, 4) is 11.1 Å². The number of aliphatic hydroxyl groups excluding tert-OH is 2. The molecule has 29 heavy (non-hydrogen) atoms. The first-order valence-electron chi connectivity index (χ1n) is 8.64. The highest BCUT2D eigenvalue weighted by molar-refractivity contribution is 6.35. The molecule has 0 saturated carbocycles. The van der Waals surface area contributed by atoms with Crippen LogP contribution in [0.3, 0.4) is 0 Å². The third-order valence-corrected chi connectivity index (χ3v) is 4.65. The molecule has 2 aromatic carbocycles. The van der Waals surface area contributed by atoms with E-state index in [1.165, 1.54) is 7.11 Å². The van der Waals surface area contributed by atoms with Crippen molar-refractivity contribution >= 4 is 35.1 Å². The van der Waals surface area contributed by atoms with Crippen LogP contribution in [0.15, 0.2) is 42.5 Å². The van der Waals surface area contributed by atoms with Crippen LogP contribution >= 0.6 is 23.2 Å². The number of rotatable bonds is 9. The van der Waals surface area contributed by atoms with Crippen LogP contribution < -0.4 is 5.32 Å². The van der Waals surface area contributed by atoms with Gasteiger partial charge in [-0.3, -0.25) is 4.79 Å². The Kier molecular flexibility index (Phi) is 8.43. The Morgan fingerprint density at radius 3 is 2.14 bits per heavy atom. The smallest absolute Gasteiger partial charge is 0.335 e. The number of aliphatic hydroxyl groups is 2. The molecule has 0 aliphatic carbocycles. The third kappa shape index (κ3) is 6.69. The van der Waals surface area contributed by atoms with Gasteiger partial charge in [0.2, 0.25) is 5.91 Å². The molecule has 1 unspecified atom stereocenters. The summed E-state index contributed by atoms with van der Waals surface area (Å²) in [5, 5.41) is 32.3. The number of amides is 1. The van der Waals surface area contributed by atoms with Crippen molar-refractivity contribution in [3.05, 3.63) is 58.1 Å². The van der Waals surface area contributed by atoms with Crippen LogP contribution in [0.2, 0.25) is 10.0 Å². The lowest BCUT2D eigenvalue weighted by Gasteiger charge is -2.26. The molecule has 4 N–H and O–H groups in total. The molecule has 0 aromatic heterocycles. The van der Waals surface area contributed by atoms with Gasteiger partial charge in [-0.05, 0) is 41.3 Å². The molecule has 0 saturated heterocycles. The van der Waals surface area contributed by atoms with Crippen LogP contribution in [-0.2, 0) is 20.7 Å². The largest absolute Gasteiger partial charge is 0.479 e. The lowest BCUT2D eigenvalue weighted by molar-refractivity contribution is -0.154. The number of aliphatic carboxylic acids is 1. The Morgan fingerprint density at radius 1 is 1.03 bits per heavy atom. The number of carbonyl (C=O) groups excluding carboxylic acids is 1. The number of nitrogens with one attached hydrogen (secondary N) is 1. The molecule has 0 aliphatic heterocycles. The van der Waals surface area contributed by atoms with E-state index in [1.807, 2.05) is 12.1 Å². The quantitative estimate of drug-likeness (QED) is 0.473. The third-order valence-electron chi connectivity index (χ3n) is 4.22. The molecule has 1 amide bonds. The van der Waals surface area contributed by atoms with Crippen molar-refractivity contribution in [1.29, 1.82) is 0 Å². The Bertz CT molecular complexity index is 838. The normalized spacial score (nSPS) is 14.1. The maximum absolute atomic E-state index is 11.8. The Hall–Kier alpha value is -2.16. The zero-order chi connectivity index (χ0) is 21.6. The minimum atomic E-state index is -2.05. The second kappa shape index (κ2) is 10.6. The van der Waals surface area contributed by atoms with Crippen molar-refractivity contribution in [3.63, 3.8) is 0 Å². The van der Waals surface area contributed by atoms with Gasteiger partial charge >= 0.3 is 5.97 Å². The van der Waals surface area contributed by atoms with Gasteiger partial charge < -0.3 is 25.4 Å². The summed E-state index contributed by atoms with van der Waals surface area (Å²) in [6, 6.07) is 11.3. The zero-order valence-corrected chi connectivity index (χ0v) is 17.0. The van der Waals surface area contributed by atoms with Crippen molar-refractivity contribution in [2.75, 3.05) is 13.7 Å². The van der Waals surface area contributed by atoms with Gasteiger partial charge in [0.15, 0.2) is 6.10 Å². The Morgan fingerprint density at radius 2 is 1.62 bits per heavy atom. The molecule has 0 aliphatic rings. The van der Waals surface area contributed by atoms with Gasteiger partial charge in [0.25, 0.3) is 0 Å². The monoisotopic (exact) mass is 441 g/mol. The number of hydrogen-bond acceptors (Lipinski definition) is 5. The highest BCUT2D eigenvalue weighted by Crippen LogP contribution is 2.27. The average molecular weight is 442 g/mol. The minimum Gasteiger partial charge on any atom is -0.479 e. The number of hydrogen-bond donors (Lipinski definition) is 4. The summed E-state index contributed by atoms with van der Waals surface area (Å²) in [5.74, 6) is -2.13. The van der Waals surface area contributed by atoms with E-state index in [1.54, 1.807) is 30.3 Å². The van der Waals surface area contributed by atoms with E-state index < -0.39 is 30.1 Å². The fourth-order valence-electron chi connectivity index (χ4n) is 2.81. The minimum absolute atomic E-state index is 0.0948. The van der Waals surface area contributed by atoms with E-state index in [0.29, 0.717) is 15.6 Å². The van der Waals surface area contributed by atoms with Crippen molar-refractivity contribution in [2.45, 2.75) is 24.7 Å². The van der Waals surface area contributed by atoms with Crippen LogP contribution in [0.4, 0.5) is 0 Å². The first-order valence-corrected chi connectivity index (χ1v) is 9.39. The number of benzene rings is 2. The molecular formula is C20H21Cl2NO6. The van der Waals surface area contributed by atoms with Gasteiger partial charge in [0, 0.05) is 17.2 Å². The molecule has 2 rings (SSSR count). The molecule has 2 aromatic rings. The lowest BCUT2D eigenvalue weighted by atomic mass is 9.96. The maximum atomic E-state index is 11.8. The van der Waals surface area contributed by atoms with Gasteiger partial charge in [-0.25, -0.2) is 4.79 Å². The van der Waals surface area contributed by atoms with E-state index in [-0.39, 0.29) is 13.0 Å². The summed E-state index contributed by atoms with van der Waals surface area (Å²) in [7, 11) is 1.33. The number of halogens is 2. The SMILES string of the molecule is COCC(=O)NC(Cc1ccc(-c2cc(Cl)cc(Cl)c2)cc1)[C@H](O)[C@@H](O)C(=O)O. The second-order valence-corrected chi connectivity index (χ2v) is 7.31. The first kappa shape index (κ1) is 23.1. The number of ether oxygens (including phenoxy) is 1. The molecule has 9 heteroatoms. The molecule has 156 valence electrons. The van der Waals surface area contributed by atoms with E-state index in [9.17, 15) is 19.8 Å². The highest BCUT2D eigenvalue weighted by Gasteiger charge is 2.32. The molecule has 7 nitrogen and oxygen atoms in total. The van der Waals surface area contributed by atoms with E-state index in [4.69, 9.17) is 33.0 Å². The molecule has 0 fully saturated rings.